The van der Waals surface area contributed by atoms with E-state index in [0.29, 0.717) is 18.0 Å². The number of amides is 2. The Labute approximate surface area is 189 Å². The van der Waals surface area contributed by atoms with Gasteiger partial charge in [0.15, 0.2) is 0 Å². The minimum atomic E-state index is -0.381. The highest BCUT2D eigenvalue weighted by molar-refractivity contribution is 6.03. The fourth-order valence-electron chi connectivity index (χ4n) is 3.96. The summed E-state index contributed by atoms with van der Waals surface area (Å²) in [6.07, 6.45) is 0.215. The quantitative estimate of drug-likeness (QED) is 0.567. The highest BCUT2D eigenvalue weighted by Crippen LogP contribution is 2.31. The molecule has 1 aliphatic heterocycles. The standard InChI is InChI=1S/C27H28N2O3/c1-17-7-5-9-24(19(17)3)29-16-21(15-26(29)30)27(31)28-22-11-13-23(14-12-22)32-25-10-6-8-18(2)20(25)4/h5-14,21H,15-16H2,1-4H3,(H,28,31)/t21-/m1/s1. The molecule has 0 aromatic heterocycles. The number of nitrogens with one attached hydrogen (secondary N) is 1. The van der Waals surface area contributed by atoms with Crippen LogP contribution in [0.25, 0.3) is 0 Å². The van der Waals surface area contributed by atoms with E-state index in [4.69, 9.17) is 4.74 Å². The second kappa shape index (κ2) is 8.87. The third-order valence-electron chi connectivity index (χ3n) is 6.27. The van der Waals surface area contributed by atoms with E-state index in [0.717, 1.165) is 28.1 Å². The van der Waals surface area contributed by atoms with Gasteiger partial charge >= 0.3 is 0 Å². The molecule has 1 atom stereocenters. The molecule has 1 heterocycles. The van der Waals surface area contributed by atoms with Gasteiger partial charge in [0.2, 0.25) is 11.8 Å². The third-order valence-corrected chi connectivity index (χ3v) is 6.27. The van der Waals surface area contributed by atoms with Crippen molar-refractivity contribution in [1.82, 2.24) is 0 Å². The minimum Gasteiger partial charge on any atom is -0.457 e. The summed E-state index contributed by atoms with van der Waals surface area (Å²) < 4.78 is 5.98. The molecule has 32 heavy (non-hydrogen) atoms. The van der Waals surface area contributed by atoms with E-state index >= 15 is 0 Å². The zero-order valence-electron chi connectivity index (χ0n) is 18.9. The van der Waals surface area contributed by atoms with Crippen LogP contribution in [0.3, 0.4) is 0 Å². The topological polar surface area (TPSA) is 58.6 Å². The van der Waals surface area contributed by atoms with Crippen LogP contribution in [0, 0.1) is 33.6 Å². The Morgan fingerprint density at radius 3 is 2.28 bits per heavy atom. The molecule has 1 aliphatic rings. The molecule has 4 rings (SSSR count). The Bertz CT molecular complexity index is 1170. The van der Waals surface area contributed by atoms with E-state index in [1.165, 1.54) is 5.56 Å². The Balaban J connectivity index is 1.40. The number of aryl methyl sites for hydroxylation is 2. The molecule has 5 heteroatoms. The highest BCUT2D eigenvalue weighted by atomic mass is 16.5. The van der Waals surface area contributed by atoms with Crippen molar-refractivity contribution in [1.29, 1.82) is 0 Å². The molecule has 2 amide bonds. The summed E-state index contributed by atoms with van der Waals surface area (Å²) in [6.45, 7) is 8.51. The van der Waals surface area contributed by atoms with Gasteiger partial charge in [0.1, 0.15) is 11.5 Å². The lowest BCUT2D eigenvalue weighted by Crippen LogP contribution is -2.28. The van der Waals surface area contributed by atoms with E-state index in [1.807, 2.05) is 75.4 Å². The maximum absolute atomic E-state index is 12.8. The van der Waals surface area contributed by atoms with Gasteiger partial charge in [-0.05, 0) is 86.3 Å². The second-order valence-electron chi connectivity index (χ2n) is 8.44. The van der Waals surface area contributed by atoms with Gasteiger partial charge in [0.25, 0.3) is 0 Å². The van der Waals surface area contributed by atoms with Crippen molar-refractivity contribution < 1.29 is 14.3 Å². The number of hydrogen-bond donors (Lipinski definition) is 1. The number of carbonyl (C=O) groups excluding carboxylic acids is 2. The molecule has 0 radical (unpaired) electrons. The monoisotopic (exact) mass is 428 g/mol. The first-order valence-corrected chi connectivity index (χ1v) is 10.8. The van der Waals surface area contributed by atoms with Crippen LogP contribution in [0.15, 0.2) is 60.7 Å². The molecule has 1 fully saturated rings. The average Bonchev–Trinajstić information content (AvgIpc) is 3.16. The Hall–Kier alpha value is -3.60. The molecular formula is C27H28N2O3. The fraction of sp³-hybridized carbons (Fsp3) is 0.259. The van der Waals surface area contributed by atoms with Crippen LogP contribution in [0.5, 0.6) is 11.5 Å². The molecular weight excluding hydrogens is 400 g/mol. The van der Waals surface area contributed by atoms with Crippen LogP contribution in [-0.4, -0.2) is 18.4 Å². The third kappa shape index (κ3) is 4.37. The first-order valence-electron chi connectivity index (χ1n) is 10.8. The van der Waals surface area contributed by atoms with Crippen LogP contribution in [0.2, 0.25) is 0 Å². The molecule has 1 N–H and O–H groups in total. The van der Waals surface area contributed by atoms with Gasteiger partial charge in [0, 0.05) is 24.3 Å². The normalized spacial score (nSPS) is 15.7. The number of ether oxygens (including phenoxy) is 1. The van der Waals surface area contributed by atoms with Crippen molar-refractivity contribution >= 4 is 23.2 Å². The largest absolute Gasteiger partial charge is 0.457 e. The molecule has 0 spiro atoms. The van der Waals surface area contributed by atoms with Gasteiger partial charge in [0.05, 0.1) is 5.92 Å². The number of hydrogen-bond acceptors (Lipinski definition) is 3. The Morgan fingerprint density at radius 2 is 1.56 bits per heavy atom. The molecule has 3 aromatic rings. The maximum atomic E-state index is 12.8. The summed E-state index contributed by atoms with van der Waals surface area (Å²) in [7, 11) is 0. The zero-order valence-corrected chi connectivity index (χ0v) is 18.9. The van der Waals surface area contributed by atoms with Crippen molar-refractivity contribution in [2.45, 2.75) is 34.1 Å². The highest BCUT2D eigenvalue weighted by Gasteiger charge is 2.35. The van der Waals surface area contributed by atoms with Crippen LogP contribution in [0.1, 0.15) is 28.7 Å². The predicted molar refractivity (Wildman–Crippen MR) is 127 cm³/mol. The van der Waals surface area contributed by atoms with Gasteiger partial charge in [-0.2, -0.15) is 0 Å². The second-order valence-corrected chi connectivity index (χ2v) is 8.44. The van der Waals surface area contributed by atoms with E-state index in [2.05, 4.69) is 18.3 Å². The average molecular weight is 429 g/mol. The van der Waals surface area contributed by atoms with Crippen molar-refractivity contribution in [3.8, 4) is 11.5 Å². The van der Waals surface area contributed by atoms with E-state index < -0.39 is 0 Å². The summed E-state index contributed by atoms with van der Waals surface area (Å²) in [6, 6.07) is 19.2. The van der Waals surface area contributed by atoms with Crippen LogP contribution in [0.4, 0.5) is 11.4 Å². The van der Waals surface area contributed by atoms with Crippen molar-refractivity contribution in [2.24, 2.45) is 5.92 Å². The van der Waals surface area contributed by atoms with Gasteiger partial charge in [-0.25, -0.2) is 0 Å². The van der Waals surface area contributed by atoms with Gasteiger partial charge in [-0.1, -0.05) is 24.3 Å². The van der Waals surface area contributed by atoms with Crippen molar-refractivity contribution in [3.63, 3.8) is 0 Å². The predicted octanol–water partition coefficient (Wildman–Crippen LogP) is 5.70. The lowest BCUT2D eigenvalue weighted by molar-refractivity contribution is -0.122. The molecule has 0 bridgehead atoms. The van der Waals surface area contributed by atoms with E-state index in [-0.39, 0.29) is 24.2 Å². The lowest BCUT2D eigenvalue weighted by atomic mass is 10.1. The van der Waals surface area contributed by atoms with Crippen LogP contribution < -0.4 is 15.0 Å². The molecule has 0 saturated carbocycles. The molecule has 5 nitrogen and oxygen atoms in total. The SMILES string of the molecule is Cc1cccc(Oc2ccc(NC(=O)[C@@H]3CC(=O)N(c4cccc(C)c4C)C3)cc2)c1C. The zero-order chi connectivity index (χ0) is 22.8. The number of carbonyl (C=O) groups is 2. The van der Waals surface area contributed by atoms with Gasteiger partial charge in [-0.15, -0.1) is 0 Å². The number of anilines is 2. The summed E-state index contributed by atoms with van der Waals surface area (Å²) in [5, 5.41) is 2.94. The summed E-state index contributed by atoms with van der Waals surface area (Å²) in [5.41, 5.74) is 6.04. The van der Waals surface area contributed by atoms with Crippen LogP contribution >= 0.6 is 0 Å². The first kappa shape index (κ1) is 21.6. The summed E-state index contributed by atoms with van der Waals surface area (Å²) >= 11 is 0. The molecule has 1 saturated heterocycles. The minimum absolute atomic E-state index is 0.0175. The Morgan fingerprint density at radius 1 is 0.906 bits per heavy atom. The number of benzene rings is 3. The number of rotatable bonds is 5. The van der Waals surface area contributed by atoms with Crippen molar-refractivity contribution in [2.75, 3.05) is 16.8 Å². The maximum Gasteiger partial charge on any atom is 0.229 e. The Kier molecular flexibility index (Phi) is 5.99. The van der Waals surface area contributed by atoms with Crippen molar-refractivity contribution in [3.05, 3.63) is 82.9 Å². The number of nitrogens with zero attached hydrogens (tertiary/aromatic N) is 1. The van der Waals surface area contributed by atoms with Crippen LogP contribution in [-0.2, 0) is 9.59 Å². The summed E-state index contributed by atoms with van der Waals surface area (Å²) in [5.74, 6) is 0.977. The molecule has 0 aliphatic carbocycles. The van der Waals surface area contributed by atoms with Gasteiger partial charge < -0.3 is 15.0 Å². The van der Waals surface area contributed by atoms with Gasteiger partial charge in [-0.3, -0.25) is 9.59 Å². The smallest absolute Gasteiger partial charge is 0.229 e. The van der Waals surface area contributed by atoms with E-state index in [1.54, 1.807) is 4.90 Å². The lowest BCUT2D eigenvalue weighted by Gasteiger charge is -2.20. The first-order chi connectivity index (χ1) is 15.3. The van der Waals surface area contributed by atoms with E-state index in [9.17, 15) is 9.59 Å². The molecule has 0 unspecified atom stereocenters. The molecule has 3 aromatic carbocycles. The molecule has 164 valence electrons. The fourth-order valence-corrected chi connectivity index (χ4v) is 3.96. The summed E-state index contributed by atoms with van der Waals surface area (Å²) in [4.78, 5) is 27.2.